The minimum Gasteiger partial charge on any atom is -0.208 e. The lowest BCUT2D eigenvalue weighted by atomic mass is 10.0. The molecule has 1 atom stereocenters. The molecular formula is C15H20N2O2S. The Hall–Kier alpha value is -1.38. The Morgan fingerprint density at radius 1 is 1.35 bits per heavy atom. The van der Waals surface area contributed by atoms with Gasteiger partial charge in [0, 0.05) is 6.04 Å². The van der Waals surface area contributed by atoms with E-state index in [9.17, 15) is 8.42 Å². The van der Waals surface area contributed by atoms with Gasteiger partial charge in [0.15, 0.2) is 0 Å². The molecule has 5 heteroatoms. The predicted molar refractivity (Wildman–Crippen MR) is 77.6 cm³/mol. The van der Waals surface area contributed by atoms with Gasteiger partial charge in [-0.3, -0.25) is 0 Å². The van der Waals surface area contributed by atoms with Crippen LogP contribution in [0.15, 0.2) is 23.1 Å². The summed E-state index contributed by atoms with van der Waals surface area (Å²) in [5, 5.41) is 8.91. The molecule has 20 heavy (non-hydrogen) atoms. The molecule has 0 saturated heterocycles. The van der Waals surface area contributed by atoms with Crippen molar-refractivity contribution >= 4 is 10.0 Å². The summed E-state index contributed by atoms with van der Waals surface area (Å²) in [4.78, 5) is 0.210. The molecule has 0 bridgehead atoms. The fourth-order valence-electron chi connectivity index (χ4n) is 2.82. The summed E-state index contributed by atoms with van der Waals surface area (Å²) >= 11 is 0. The molecule has 1 unspecified atom stereocenters. The topological polar surface area (TPSA) is 70.0 Å². The largest absolute Gasteiger partial charge is 0.241 e. The summed E-state index contributed by atoms with van der Waals surface area (Å²) in [6.07, 6.45) is 4.53. The molecule has 0 radical (unpaired) electrons. The molecular weight excluding hydrogens is 272 g/mol. The molecule has 2 rings (SSSR count). The van der Waals surface area contributed by atoms with Crippen LogP contribution in [-0.4, -0.2) is 14.5 Å². The third-order valence-corrected chi connectivity index (χ3v) is 5.76. The van der Waals surface area contributed by atoms with Gasteiger partial charge in [0.2, 0.25) is 10.0 Å². The van der Waals surface area contributed by atoms with E-state index in [1.165, 1.54) is 18.9 Å². The van der Waals surface area contributed by atoms with Crippen LogP contribution in [0.1, 0.15) is 43.7 Å². The van der Waals surface area contributed by atoms with Crippen molar-refractivity contribution in [1.29, 1.82) is 5.26 Å². The highest BCUT2D eigenvalue weighted by Crippen LogP contribution is 2.28. The molecule has 1 N–H and O–H groups in total. The Balaban J connectivity index is 2.24. The minimum atomic E-state index is -3.56. The number of aryl methyl sites for hydroxylation is 1. The lowest BCUT2D eigenvalue weighted by Crippen LogP contribution is -2.37. The van der Waals surface area contributed by atoms with E-state index in [4.69, 9.17) is 5.26 Å². The lowest BCUT2D eigenvalue weighted by molar-refractivity contribution is 0.424. The number of nitrogens with zero attached hydrogens (tertiary/aromatic N) is 1. The highest BCUT2D eigenvalue weighted by Gasteiger charge is 2.27. The van der Waals surface area contributed by atoms with E-state index in [2.05, 4.69) is 4.72 Å². The van der Waals surface area contributed by atoms with Crippen LogP contribution in [0.3, 0.4) is 0 Å². The maximum absolute atomic E-state index is 12.5. The van der Waals surface area contributed by atoms with Crippen LogP contribution >= 0.6 is 0 Å². The van der Waals surface area contributed by atoms with Gasteiger partial charge in [0.25, 0.3) is 0 Å². The average Bonchev–Trinajstić information content (AvgIpc) is 2.92. The van der Waals surface area contributed by atoms with E-state index in [0.29, 0.717) is 17.0 Å². The highest BCUT2D eigenvalue weighted by atomic mass is 32.2. The van der Waals surface area contributed by atoms with Gasteiger partial charge >= 0.3 is 0 Å². The molecule has 1 saturated carbocycles. The Morgan fingerprint density at radius 3 is 2.60 bits per heavy atom. The number of nitrogens with one attached hydrogen (secondary N) is 1. The molecule has 1 aliphatic carbocycles. The normalized spacial score (nSPS) is 17.9. The van der Waals surface area contributed by atoms with Crippen molar-refractivity contribution in [3.05, 3.63) is 29.3 Å². The summed E-state index contributed by atoms with van der Waals surface area (Å²) in [6, 6.07) is 6.67. The lowest BCUT2D eigenvalue weighted by Gasteiger charge is -2.21. The molecule has 0 heterocycles. The zero-order valence-corrected chi connectivity index (χ0v) is 12.7. The van der Waals surface area contributed by atoms with Crippen LogP contribution in [0.5, 0.6) is 0 Å². The number of hydrogen-bond acceptors (Lipinski definition) is 3. The van der Waals surface area contributed by atoms with Gasteiger partial charge in [-0.15, -0.1) is 0 Å². The van der Waals surface area contributed by atoms with Gasteiger partial charge in [-0.1, -0.05) is 18.9 Å². The van der Waals surface area contributed by atoms with Crippen LogP contribution in [0, 0.1) is 24.2 Å². The molecule has 4 nitrogen and oxygen atoms in total. The quantitative estimate of drug-likeness (QED) is 0.927. The molecule has 1 aliphatic rings. The monoisotopic (exact) mass is 292 g/mol. The second-order valence-corrected chi connectivity index (χ2v) is 7.23. The van der Waals surface area contributed by atoms with Crippen LogP contribution in [0.4, 0.5) is 0 Å². The van der Waals surface area contributed by atoms with Crippen molar-refractivity contribution in [1.82, 2.24) is 4.72 Å². The Bertz CT molecular complexity index is 626. The van der Waals surface area contributed by atoms with Gasteiger partial charge in [-0.2, -0.15) is 5.26 Å². The van der Waals surface area contributed by atoms with Crippen molar-refractivity contribution in [3.63, 3.8) is 0 Å². The van der Waals surface area contributed by atoms with Gasteiger partial charge in [-0.25, -0.2) is 13.1 Å². The fraction of sp³-hybridized carbons (Fsp3) is 0.533. The SMILES string of the molecule is Cc1ccc(C#N)cc1S(=O)(=O)NC(C)C1CCCC1. The second kappa shape index (κ2) is 5.94. The van der Waals surface area contributed by atoms with Crippen molar-refractivity contribution < 1.29 is 8.42 Å². The van der Waals surface area contributed by atoms with E-state index in [1.807, 2.05) is 13.0 Å². The molecule has 0 amide bonds. The average molecular weight is 292 g/mol. The number of benzene rings is 1. The molecule has 1 fully saturated rings. The summed E-state index contributed by atoms with van der Waals surface area (Å²) in [6.45, 7) is 3.67. The predicted octanol–water partition coefficient (Wildman–Crippen LogP) is 2.72. The fourth-order valence-corrected chi connectivity index (χ4v) is 4.40. The molecule has 0 aromatic heterocycles. The number of hydrogen-bond donors (Lipinski definition) is 1. The van der Waals surface area contributed by atoms with Crippen LogP contribution < -0.4 is 4.72 Å². The van der Waals surface area contributed by atoms with E-state index < -0.39 is 10.0 Å². The number of sulfonamides is 1. The van der Waals surface area contributed by atoms with E-state index in [-0.39, 0.29) is 10.9 Å². The standard InChI is InChI=1S/C15H20N2O2S/c1-11-7-8-13(10-16)9-15(11)20(18,19)17-12(2)14-5-3-4-6-14/h7-9,12,14,17H,3-6H2,1-2H3. The molecule has 108 valence electrons. The molecule has 1 aromatic carbocycles. The molecule has 1 aromatic rings. The minimum absolute atomic E-state index is 0.0624. The van der Waals surface area contributed by atoms with Crippen molar-refractivity contribution in [2.45, 2.75) is 50.5 Å². The van der Waals surface area contributed by atoms with Gasteiger partial charge in [-0.05, 0) is 50.3 Å². The Labute approximate surface area is 120 Å². The van der Waals surface area contributed by atoms with E-state index in [0.717, 1.165) is 12.8 Å². The van der Waals surface area contributed by atoms with Crippen molar-refractivity contribution in [3.8, 4) is 6.07 Å². The smallest absolute Gasteiger partial charge is 0.208 e. The summed E-state index contributed by atoms with van der Waals surface area (Å²) < 4.78 is 27.7. The van der Waals surface area contributed by atoms with E-state index >= 15 is 0 Å². The zero-order chi connectivity index (χ0) is 14.8. The van der Waals surface area contributed by atoms with Crippen LogP contribution in [0.2, 0.25) is 0 Å². The third-order valence-electron chi connectivity index (χ3n) is 4.05. The second-order valence-electron chi connectivity index (χ2n) is 5.55. The first-order valence-electron chi connectivity index (χ1n) is 6.97. The summed E-state index contributed by atoms with van der Waals surface area (Å²) in [7, 11) is -3.56. The van der Waals surface area contributed by atoms with Gasteiger partial charge < -0.3 is 0 Å². The highest BCUT2D eigenvalue weighted by molar-refractivity contribution is 7.89. The first-order valence-corrected chi connectivity index (χ1v) is 8.45. The Morgan fingerprint density at radius 2 is 2.00 bits per heavy atom. The van der Waals surface area contributed by atoms with Gasteiger partial charge in [0.05, 0.1) is 16.5 Å². The molecule has 0 spiro atoms. The maximum Gasteiger partial charge on any atom is 0.241 e. The zero-order valence-electron chi connectivity index (χ0n) is 11.9. The Kier molecular flexibility index (Phi) is 4.46. The number of rotatable bonds is 4. The van der Waals surface area contributed by atoms with Crippen molar-refractivity contribution in [2.24, 2.45) is 5.92 Å². The van der Waals surface area contributed by atoms with E-state index in [1.54, 1.807) is 19.1 Å². The first-order chi connectivity index (χ1) is 9.44. The molecule has 0 aliphatic heterocycles. The number of nitriles is 1. The summed E-state index contributed by atoms with van der Waals surface area (Å²) in [5.41, 5.74) is 1.03. The van der Waals surface area contributed by atoms with Gasteiger partial charge in [0.1, 0.15) is 0 Å². The third kappa shape index (κ3) is 3.20. The van der Waals surface area contributed by atoms with Crippen LogP contribution in [-0.2, 0) is 10.0 Å². The van der Waals surface area contributed by atoms with Crippen LogP contribution in [0.25, 0.3) is 0 Å². The van der Waals surface area contributed by atoms with Crippen molar-refractivity contribution in [2.75, 3.05) is 0 Å². The maximum atomic E-state index is 12.5. The summed E-state index contributed by atoms with van der Waals surface area (Å²) in [5.74, 6) is 0.421. The first kappa shape index (κ1) is 15.0.